The zero-order valence-electron chi connectivity index (χ0n) is 19.3. The van der Waals surface area contributed by atoms with E-state index in [1.54, 1.807) is 36.4 Å². The number of hydrogen-bond acceptors (Lipinski definition) is 5. The molecule has 0 amide bonds. The Balaban J connectivity index is 1.52. The number of alkyl halides is 1. The third-order valence-electron chi connectivity index (χ3n) is 6.08. The van der Waals surface area contributed by atoms with Gasteiger partial charge < -0.3 is 0 Å². The van der Waals surface area contributed by atoms with Crippen molar-refractivity contribution < 1.29 is 21.7 Å². The maximum absolute atomic E-state index is 13.9. The van der Waals surface area contributed by atoms with E-state index in [0.717, 1.165) is 26.9 Å². The second-order valence-electron chi connectivity index (χ2n) is 8.74. The van der Waals surface area contributed by atoms with E-state index in [2.05, 4.69) is 10.3 Å². The number of nitrogens with two attached hydrogens (primary N) is 1. The Kier molecular flexibility index (Phi) is 6.30. The Labute approximate surface area is 206 Å². The summed E-state index contributed by atoms with van der Waals surface area (Å²) in [7, 11) is -5.97. The van der Waals surface area contributed by atoms with Crippen molar-refractivity contribution in [3.05, 3.63) is 89.2 Å². The van der Waals surface area contributed by atoms with Gasteiger partial charge in [0.15, 0.2) is 6.80 Å². The van der Waals surface area contributed by atoms with E-state index in [9.17, 15) is 17.0 Å². The van der Waals surface area contributed by atoms with Crippen LogP contribution in [0.25, 0.3) is 11.1 Å². The zero-order valence-corrected chi connectivity index (χ0v) is 20.3. The monoisotopic (exact) mass is 516 g/mol. The summed E-state index contributed by atoms with van der Waals surface area (Å²) in [5.74, 6) is 0.505. The molecule has 2 N–H and O–H groups in total. The summed E-state index contributed by atoms with van der Waals surface area (Å²) in [5.41, 5.74) is 11.5. The van der Waals surface area contributed by atoms with Crippen LogP contribution in [0.5, 0.6) is 5.75 Å². The van der Waals surface area contributed by atoms with E-state index in [-0.39, 0.29) is 6.61 Å². The molecular formula is C25H24F4N5OP. The number of benzene rings is 3. The summed E-state index contributed by atoms with van der Waals surface area (Å²) in [6, 6.07) is 17.2. The molecule has 3 aromatic carbocycles. The van der Waals surface area contributed by atoms with E-state index in [0.29, 0.717) is 28.4 Å². The molecule has 0 spiro atoms. The molecule has 6 nitrogen and oxygen atoms in total. The molecule has 1 aromatic heterocycles. The van der Waals surface area contributed by atoms with Crippen LogP contribution in [-0.2, 0) is 13.4 Å². The van der Waals surface area contributed by atoms with Crippen molar-refractivity contribution in [2.24, 2.45) is 0 Å². The molecule has 5 rings (SSSR count). The molecule has 2 heterocycles. The van der Waals surface area contributed by atoms with Crippen LogP contribution < -0.4 is 15.4 Å². The van der Waals surface area contributed by atoms with Crippen molar-refractivity contribution in [2.75, 3.05) is 16.9 Å². The number of rotatable bonds is 7. The number of aromatic nitrogens is 3. The Hall–Kier alpha value is -3.65. The number of hydrogen-bond donors (Lipinski definition) is 1. The van der Waals surface area contributed by atoms with Crippen molar-refractivity contribution in [3.8, 4) is 16.9 Å². The molecule has 1 aliphatic rings. The van der Waals surface area contributed by atoms with Gasteiger partial charge in [-0.05, 0) is 0 Å². The van der Waals surface area contributed by atoms with Gasteiger partial charge in [0.25, 0.3) is 0 Å². The molecule has 188 valence electrons. The number of anilines is 2. The van der Waals surface area contributed by atoms with Crippen LogP contribution in [0.1, 0.15) is 28.4 Å². The van der Waals surface area contributed by atoms with Crippen LogP contribution in [0.3, 0.4) is 0 Å². The van der Waals surface area contributed by atoms with Crippen LogP contribution in [0, 0.1) is 6.92 Å². The van der Waals surface area contributed by atoms with Gasteiger partial charge in [-0.3, -0.25) is 0 Å². The molecular weight excluding hydrogens is 492 g/mol. The van der Waals surface area contributed by atoms with E-state index in [1.165, 1.54) is 11.1 Å². The third kappa shape index (κ3) is 4.86. The molecule has 1 atom stereocenters. The van der Waals surface area contributed by atoms with Crippen molar-refractivity contribution in [1.82, 2.24) is 15.0 Å². The summed E-state index contributed by atoms with van der Waals surface area (Å²) < 4.78 is 61.3. The number of fused-ring (bicyclic) bond motifs is 3. The summed E-state index contributed by atoms with van der Waals surface area (Å²) >= 11 is 0. The average molecular weight is 516 g/mol. The third-order valence-corrected chi connectivity index (χ3v) is 6.77. The van der Waals surface area contributed by atoms with Gasteiger partial charge in [-0.2, -0.15) is 0 Å². The van der Waals surface area contributed by atoms with E-state index in [4.69, 9.17) is 10.5 Å². The predicted octanol–water partition coefficient (Wildman–Crippen LogP) is 6.61. The molecule has 0 bridgehead atoms. The molecule has 1 unspecified atom stereocenters. The van der Waals surface area contributed by atoms with Gasteiger partial charge in [-0.1, -0.05) is 0 Å². The summed E-state index contributed by atoms with van der Waals surface area (Å²) in [6.45, 7) is 1.17. The first-order valence-electron chi connectivity index (χ1n) is 11.2. The first-order chi connectivity index (χ1) is 17.2. The second-order valence-corrected chi connectivity index (χ2v) is 10.3. The molecule has 36 heavy (non-hydrogen) atoms. The van der Waals surface area contributed by atoms with E-state index < -0.39 is 27.3 Å². The summed E-state index contributed by atoms with van der Waals surface area (Å²) in [5, 5.41) is 7.45. The van der Waals surface area contributed by atoms with Crippen LogP contribution in [0.2, 0.25) is 0 Å². The Morgan fingerprint density at radius 2 is 1.75 bits per heavy atom. The fraction of sp³-hybridized carbons (Fsp3) is 0.200. The summed E-state index contributed by atoms with van der Waals surface area (Å²) in [4.78, 5) is 1.45. The number of halogens is 4. The van der Waals surface area contributed by atoms with Gasteiger partial charge >= 0.3 is 195 Å². The standard InChI is InChI=1S/C25H24F4N5OP/c1-16-2-8-22-21-9-5-18(30)11-23(21)25(34(24(22)10-16)15-36(27,28)29)17-3-6-20(7-4-17)35-13-19-12-33(14-26)32-31-19/h2-12,25,36H,13-15,30H2,1H3/i26-1. The van der Waals surface area contributed by atoms with Crippen LogP contribution in [0.4, 0.5) is 28.4 Å². The van der Waals surface area contributed by atoms with Gasteiger partial charge in [-0.25, -0.2) is 4.39 Å². The zero-order chi connectivity index (χ0) is 25.4. The first-order valence-corrected chi connectivity index (χ1v) is 13.1. The minimum atomic E-state index is -5.97. The average Bonchev–Trinajstić information content (AvgIpc) is 3.31. The Bertz CT molecular complexity index is 1390. The second kappa shape index (κ2) is 9.43. The van der Waals surface area contributed by atoms with Gasteiger partial charge in [0.05, 0.1) is 0 Å². The molecule has 0 saturated heterocycles. The fourth-order valence-electron chi connectivity index (χ4n) is 4.56. The fourth-order valence-corrected chi connectivity index (χ4v) is 5.30. The maximum atomic E-state index is 13.9. The molecule has 0 saturated carbocycles. The topological polar surface area (TPSA) is 69.2 Å². The number of nitrogen functional groups attached to an aromatic ring is 1. The molecule has 1 aliphatic heterocycles. The SMILES string of the molecule is Cc1ccc2c(c1)N(C[PH](F)(F)F)C(c1ccc(OCc3cn(C[18F])nn3)cc1)c1cc(N)ccc1-2. The van der Waals surface area contributed by atoms with Gasteiger partial charge in [0, 0.05) is 0 Å². The quantitative estimate of drug-likeness (QED) is 0.170. The minimum absolute atomic E-state index is 0.0839. The number of aryl methyl sites for hydroxylation is 1. The van der Waals surface area contributed by atoms with Gasteiger partial charge in [0.1, 0.15) is 0 Å². The van der Waals surface area contributed by atoms with Crippen LogP contribution in [-0.4, -0.2) is 21.3 Å². The van der Waals surface area contributed by atoms with Gasteiger partial charge in [-0.15, -0.1) is 0 Å². The molecule has 4 aromatic rings. The predicted molar refractivity (Wildman–Crippen MR) is 134 cm³/mol. The van der Waals surface area contributed by atoms with E-state index >= 15 is 0 Å². The summed E-state index contributed by atoms with van der Waals surface area (Å²) in [6.07, 6.45) is 0.459. The van der Waals surface area contributed by atoms with E-state index in [1.807, 2.05) is 31.2 Å². The Morgan fingerprint density at radius 1 is 1.00 bits per heavy atom. The van der Waals surface area contributed by atoms with Crippen molar-refractivity contribution in [3.63, 3.8) is 0 Å². The normalized spacial score (nSPS) is 15.4. The van der Waals surface area contributed by atoms with Crippen LogP contribution in [0.15, 0.2) is 66.9 Å². The molecule has 0 aliphatic carbocycles. The first kappa shape index (κ1) is 24.1. The van der Waals surface area contributed by atoms with Crippen LogP contribution >= 0.6 is 8.19 Å². The van der Waals surface area contributed by atoms with Crippen molar-refractivity contribution >= 4 is 19.6 Å². The molecule has 0 fully saturated rings. The number of ether oxygens (including phenoxy) is 1. The molecule has 0 radical (unpaired) electrons. The van der Waals surface area contributed by atoms with Crippen molar-refractivity contribution in [2.45, 2.75) is 26.4 Å². The van der Waals surface area contributed by atoms with Crippen molar-refractivity contribution in [1.29, 1.82) is 0 Å². The Morgan fingerprint density at radius 3 is 2.44 bits per heavy atom. The van der Waals surface area contributed by atoms with Gasteiger partial charge in [0.2, 0.25) is 0 Å². The molecule has 11 heteroatoms. The number of nitrogens with zero attached hydrogens (tertiary/aromatic N) is 4.